The summed E-state index contributed by atoms with van der Waals surface area (Å²) in [6, 6.07) is 12.5. The SMILES string of the molecule is COc1cc(C)ccc1S(=O)(=O)NCCCCN1CCc2cccc3c2C1CC3.Cl. The lowest BCUT2D eigenvalue weighted by Crippen LogP contribution is -2.35. The molecule has 1 atom stereocenters. The van der Waals surface area contributed by atoms with Crippen molar-refractivity contribution in [3.63, 3.8) is 0 Å². The fourth-order valence-electron chi connectivity index (χ4n) is 4.74. The number of benzene rings is 2. The number of halogens is 1. The average Bonchev–Trinajstić information content (AvgIpc) is 3.15. The molecule has 0 fully saturated rings. The first-order valence-corrected chi connectivity index (χ1v) is 12.0. The van der Waals surface area contributed by atoms with E-state index in [1.165, 1.54) is 31.1 Å². The molecule has 2 aliphatic rings. The third-order valence-corrected chi connectivity index (χ3v) is 7.69. The van der Waals surface area contributed by atoms with Crippen molar-refractivity contribution >= 4 is 22.4 Å². The van der Waals surface area contributed by atoms with Crippen LogP contribution in [0.2, 0.25) is 0 Å². The van der Waals surface area contributed by atoms with Crippen LogP contribution in [0.3, 0.4) is 0 Å². The fraction of sp³-hybridized carbons (Fsp3) is 0.478. The molecule has 0 spiro atoms. The van der Waals surface area contributed by atoms with E-state index in [0.717, 1.165) is 37.9 Å². The van der Waals surface area contributed by atoms with Crippen LogP contribution in [0.4, 0.5) is 0 Å². The molecule has 0 radical (unpaired) electrons. The summed E-state index contributed by atoms with van der Waals surface area (Å²) in [5, 5.41) is 0. The molecule has 0 saturated heterocycles. The van der Waals surface area contributed by atoms with Gasteiger partial charge in [-0.2, -0.15) is 0 Å². The molecule has 1 aliphatic heterocycles. The van der Waals surface area contributed by atoms with Crippen LogP contribution in [0.1, 0.15) is 47.6 Å². The van der Waals surface area contributed by atoms with Crippen molar-refractivity contribution in [2.24, 2.45) is 0 Å². The van der Waals surface area contributed by atoms with Gasteiger partial charge in [-0.1, -0.05) is 24.3 Å². The molecular formula is C23H31ClN2O3S. The molecule has 7 heteroatoms. The van der Waals surface area contributed by atoms with Gasteiger partial charge in [0.05, 0.1) is 7.11 Å². The fourth-order valence-corrected chi connectivity index (χ4v) is 5.96. The van der Waals surface area contributed by atoms with Crippen LogP contribution < -0.4 is 9.46 Å². The highest BCUT2D eigenvalue weighted by Gasteiger charge is 2.32. The zero-order chi connectivity index (χ0) is 20.4. The van der Waals surface area contributed by atoms with Crippen molar-refractivity contribution in [2.45, 2.75) is 50.0 Å². The number of aryl methyl sites for hydroxylation is 2. The van der Waals surface area contributed by atoms with Gasteiger partial charge >= 0.3 is 0 Å². The van der Waals surface area contributed by atoms with Gasteiger partial charge in [-0.25, -0.2) is 13.1 Å². The molecular weight excluding hydrogens is 420 g/mol. The van der Waals surface area contributed by atoms with Gasteiger partial charge in [0, 0.05) is 19.1 Å². The summed E-state index contributed by atoms with van der Waals surface area (Å²) in [4.78, 5) is 2.80. The predicted octanol–water partition coefficient (Wildman–Crippen LogP) is 4.03. The third-order valence-electron chi connectivity index (χ3n) is 6.19. The van der Waals surface area contributed by atoms with Gasteiger partial charge in [-0.15, -0.1) is 12.4 Å². The molecule has 1 unspecified atom stereocenters. The van der Waals surface area contributed by atoms with Crippen LogP contribution >= 0.6 is 12.4 Å². The first-order chi connectivity index (χ1) is 14.0. The normalized spacial score (nSPS) is 18.0. The van der Waals surface area contributed by atoms with Gasteiger partial charge in [-0.3, -0.25) is 4.90 Å². The minimum atomic E-state index is -3.56. The Balaban J connectivity index is 0.00000256. The molecule has 1 heterocycles. The van der Waals surface area contributed by atoms with E-state index in [1.54, 1.807) is 23.8 Å². The maximum atomic E-state index is 12.6. The second kappa shape index (κ2) is 9.69. The van der Waals surface area contributed by atoms with Crippen LogP contribution in [0, 0.1) is 6.92 Å². The molecule has 1 N–H and O–H groups in total. The van der Waals surface area contributed by atoms with Crippen molar-refractivity contribution in [3.05, 3.63) is 58.7 Å². The van der Waals surface area contributed by atoms with E-state index in [9.17, 15) is 8.42 Å². The van der Waals surface area contributed by atoms with E-state index in [4.69, 9.17) is 4.74 Å². The van der Waals surface area contributed by atoms with E-state index in [2.05, 4.69) is 27.8 Å². The van der Waals surface area contributed by atoms with Gasteiger partial charge in [0.1, 0.15) is 10.6 Å². The van der Waals surface area contributed by atoms with Gasteiger partial charge in [0.15, 0.2) is 0 Å². The molecule has 164 valence electrons. The number of nitrogens with one attached hydrogen (secondary N) is 1. The molecule has 0 aromatic heterocycles. The molecule has 1 aliphatic carbocycles. The highest BCUT2D eigenvalue weighted by molar-refractivity contribution is 7.89. The van der Waals surface area contributed by atoms with Crippen molar-refractivity contribution in [3.8, 4) is 5.75 Å². The van der Waals surface area contributed by atoms with Gasteiger partial charge in [0.25, 0.3) is 0 Å². The van der Waals surface area contributed by atoms with Gasteiger partial charge in [-0.05, 0) is 80.0 Å². The van der Waals surface area contributed by atoms with Crippen molar-refractivity contribution in [1.29, 1.82) is 0 Å². The summed E-state index contributed by atoms with van der Waals surface area (Å²) in [5.41, 5.74) is 5.60. The van der Waals surface area contributed by atoms with Crippen LogP contribution in [0.25, 0.3) is 0 Å². The van der Waals surface area contributed by atoms with E-state index in [-0.39, 0.29) is 17.3 Å². The Morgan fingerprint density at radius 3 is 2.67 bits per heavy atom. The molecule has 5 nitrogen and oxygen atoms in total. The average molecular weight is 451 g/mol. The lowest BCUT2D eigenvalue weighted by atomic mass is 9.93. The van der Waals surface area contributed by atoms with Gasteiger partial charge in [0.2, 0.25) is 10.0 Å². The number of hydrogen-bond donors (Lipinski definition) is 1. The summed E-state index contributed by atoms with van der Waals surface area (Å²) in [7, 11) is -2.06. The summed E-state index contributed by atoms with van der Waals surface area (Å²) >= 11 is 0. The molecule has 2 aromatic carbocycles. The molecule has 2 aromatic rings. The largest absolute Gasteiger partial charge is 0.495 e. The summed E-state index contributed by atoms with van der Waals surface area (Å²) in [6.07, 6.45) is 5.33. The Bertz CT molecular complexity index is 994. The van der Waals surface area contributed by atoms with E-state index in [1.807, 2.05) is 6.92 Å². The number of rotatable bonds is 8. The number of unbranched alkanes of at least 4 members (excludes halogenated alkanes) is 1. The number of ether oxygens (including phenoxy) is 1. The zero-order valence-corrected chi connectivity index (χ0v) is 19.3. The minimum absolute atomic E-state index is 0. The second-order valence-corrected chi connectivity index (χ2v) is 9.82. The van der Waals surface area contributed by atoms with Crippen LogP contribution in [0.15, 0.2) is 41.3 Å². The second-order valence-electron chi connectivity index (χ2n) is 8.09. The molecule has 30 heavy (non-hydrogen) atoms. The number of sulfonamides is 1. The Labute approximate surface area is 186 Å². The van der Waals surface area contributed by atoms with Crippen molar-refractivity contribution < 1.29 is 13.2 Å². The Hall–Kier alpha value is -1.60. The maximum Gasteiger partial charge on any atom is 0.244 e. The van der Waals surface area contributed by atoms with Gasteiger partial charge < -0.3 is 4.74 Å². The van der Waals surface area contributed by atoms with Crippen molar-refractivity contribution in [2.75, 3.05) is 26.7 Å². The first kappa shape index (κ1) is 23.1. The molecule has 0 amide bonds. The Morgan fingerprint density at radius 2 is 1.90 bits per heavy atom. The monoisotopic (exact) mass is 450 g/mol. The quantitative estimate of drug-likeness (QED) is 0.617. The van der Waals surface area contributed by atoms with Crippen molar-refractivity contribution in [1.82, 2.24) is 9.62 Å². The smallest absolute Gasteiger partial charge is 0.244 e. The van der Waals surface area contributed by atoms with Crippen LogP contribution in [0.5, 0.6) is 5.75 Å². The summed E-state index contributed by atoms with van der Waals surface area (Å²) in [6.45, 7) is 4.49. The molecule has 0 saturated carbocycles. The van der Waals surface area contributed by atoms with Crippen LogP contribution in [-0.4, -0.2) is 40.1 Å². The van der Waals surface area contributed by atoms with E-state index < -0.39 is 10.0 Å². The predicted molar refractivity (Wildman–Crippen MR) is 122 cm³/mol. The van der Waals surface area contributed by atoms with E-state index in [0.29, 0.717) is 18.3 Å². The Morgan fingerprint density at radius 1 is 1.13 bits per heavy atom. The van der Waals surface area contributed by atoms with E-state index >= 15 is 0 Å². The zero-order valence-electron chi connectivity index (χ0n) is 17.7. The highest BCUT2D eigenvalue weighted by Crippen LogP contribution is 2.41. The Kier molecular flexibility index (Phi) is 7.45. The topological polar surface area (TPSA) is 58.6 Å². The molecule has 0 bridgehead atoms. The highest BCUT2D eigenvalue weighted by atomic mass is 35.5. The standard InChI is InChI=1S/C23H30N2O3S.ClH/c1-17-8-11-22(21(16-17)28-2)29(26,27)24-13-3-4-14-25-15-12-19-7-5-6-18-9-10-20(25)23(18)19;/h5-8,11,16,20,24H,3-4,9-10,12-15H2,1-2H3;1H. The summed E-state index contributed by atoms with van der Waals surface area (Å²) in [5.74, 6) is 0.390. The third kappa shape index (κ3) is 4.67. The minimum Gasteiger partial charge on any atom is -0.495 e. The lowest BCUT2D eigenvalue weighted by molar-refractivity contribution is 0.182. The number of methoxy groups -OCH3 is 1. The van der Waals surface area contributed by atoms with Crippen LogP contribution in [-0.2, 0) is 22.9 Å². The number of hydrogen-bond acceptors (Lipinski definition) is 4. The maximum absolute atomic E-state index is 12.6. The molecule has 4 rings (SSSR count). The number of nitrogens with zero attached hydrogens (tertiary/aromatic N) is 1. The lowest BCUT2D eigenvalue weighted by Gasteiger charge is -2.35. The first-order valence-electron chi connectivity index (χ1n) is 10.5. The summed E-state index contributed by atoms with van der Waals surface area (Å²) < 4.78 is 33.2.